The second-order valence-corrected chi connectivity index (χ2v) is 8.53. The van der Waals surface area contributed by atoms with Gasteiger partial charge in [0.25, 0.3) is 11.6 Å². The van der Waals surface area contributed by atoms with Gasteiger partial charge in [0.05, 0.1) is 23.0 Å². The Bertz CT molecular complexity index is 932. The number of aryl methyl sites for hydroxylation is 1. The smallest absolute Gasteiger partial charge is 0.269 e. The van der Waals surface area contributed by atoms with E-state index in [0.717, 1.165) is 0 Å². The Balaban J connectivity index is 1.88. The molecule has 9 heteroatoms. The van der Waals surface area contributed by atoms with Crippen LogP contribution in [0.4, 0.5) is 5.69 Å². The van der Waals surface area contributed by atoms with Gasteiger partial charge in [0, 0.05) is 23.7 Å². The van der Waals surface area contributed by atoms with Gasteiger partial charge in [0.1, 0.15) is 11.5 Å². The maximum atomic E-state index is 13.0. The minimum Gasteiger partial charge on any atom is -0.464 e. The second kappa shape index (κ2) is 6.91. The first-order valence-corrected chi connectivity index (χ1v) is 9.88. The van der Waals surface area contributed by atoms with E-state index in [9.17, 15) is 23.3 Å². The summed E-state index contributed by atoms with van der Waals surface area (Å²) in [5.41, 5.74) is 0.154. The van der Waals surface area contributed by atoms with Crippen molar-refractivity contribution in [3.63, 3.8) is 0 Å². The Hall–Kier alpha value is -2.68. The van der Waals surface area contributed by atoms with E-state index in [1.54, 1.807) is 19.1 Å². The SMILES string of the molecule is Cc1ccc(CN(C(=O)c2ccc([N+](=O)[O-])cc2)[C@H]2CCS(=O)(=O)C2)o1. The first kappa shape index (κ1) is 18.1. The molecule has 0 spiro atoms. The Kier molecular flexibility index (Phi) is 4.82. The fourth-order valence-electron chi connectivity index (χ4n) is 3.02. The fraction of sp³-hybridized carbons (Fsp3) is 0.353. The predicted octanol–water partition coefficient (Wildman–Crippen LogP) is 2.33. The first-order chi connectivity index (χ1) is 12.2. The Morgan fingerprint density at radius 1 is 1.27 bits per heavy atom. The Morgan fingerprint density at radius 3 is 2.46 bits per heavy atom. The summed E-state index contributed by atoms with van der Waals surface area (Å²) >= 11 is 0. The molecule has 1 aromatic carbocycles. The summed E-state index contributed by atoms with van der Waals surface area (Å²) in [5, 5.41) is 10.8. The topological polar surface area (TPSA) is 111 Å². The first-order valence-electron chi connectivity index (χ1n) is 8.06. The molecule has 1 aliphatic rings. The predicted molar refractivity (Wildman–Crippen MR) is 93.5 cm³/mol. The zero-order chi connectivity index (χ0) is 18.9. The number of benzene rings is 1. The Morgan fingerprint density at radius 2 is 1.96 bits per heavy atom. The second-order valence-electron chi connectivity index (χ2n) is 6.31. The van der Waals surface area contributed by atoms with E-state index in [2.05, 4.69) is 0 Å². The van der Waals surface area contributed by atoms with Crippen LogP contribution in [0.3, 0.4) is 0 Å². The minimum absolute atomic E-state index is 0.0406. The third-order valence-electron chi connectivity index (χ3n) is 4.36. The summed E-state index contributed by atoms with van der Waals surface area (Å²) in [4.78, 5) is 24.7. The van der Waals surface area contributed by atoms with E-state index in [1.165, 1.54) is 29.2 Å². The average Bonchev–Trinajstić information content (AvgIpc) is 3.17. The molecule has 2 heterocycles. The molecule has 1 aromatic heterocycles. The molecule has 0 N–H and O–H groups in total. The van der Waals surface area contributed by atoms with E-state index >= 15 is 0 Å². The average molecular weight is 378 g/mol. The van der Waals surface area contributed by atoms with Gasteiger partial charge in [-0.2, -0.15) is 0 Å². The molecule has 8 nitrogen and oxygen atoms in total. The lowest BCUT2D eigenvalue weighted by Gasteiger charge is -2.27. The number of rotatable bonds is 5. The van der Waals surface area contributed by atoms with Crippen molar-refractivity contribution >= 4 is 21.4 Å². The van der Waals surface area contributed by atoms with Crippen LogP contribution < -0.4 is 0 Å². The van der Waals surface area contributed by atoms with E-state index < -0.39 is 20.8 Å². The number of hydrogen-bond donors (Lipinski definition) is 0. The number of carbonyl (C=O) groups is 1. The van der Waals surface area contributed by atoms with Gasteiger partial charge in [-0.05, 0) is 37.6 Å². The molecular formula is C17H18N2O6S. The summed E-state index contributed by atoms with van der Waals surface area (Å²) in [6, 6.07) is 8.34. The molecular weight excluding hydrogens is 360 g/mol. The van der Waals surface area contributed by atoms with Gasteiger partial charge in [-0.3, -0.25) is 14.9 Å². The van der Waals surface area contributed by atoms with Crippen LogP contribution in [0.5, 0.6) is 0 Å². The molecule has 26 heavy (non-hydrogen) atoms. The molecule has 1 amide bonds. The number of hydrogen-bond acceptors (Lipinski definition) is 6. The Labute approximate surface area is 150 Å². The third-order valence-corrected chi connectivity index (χ3v) is 6.11. The van der Waals surface area contributed by atoms with Crippen molar-refractivity contribution in [3.05, 3.63) is 63.6 Å². The molecule has 1 saturated heterocycles. The lowest BCUT2D eigenvalue weighted by Crippen LogP contribution is -2.40. The van der Waals surface area contributed by atoms with Gasteiger partial charge in [0.2, 0.25) is 0 Å². The van der Waals surface area contributed by atoms with Crippen molar-refractivity contribution in [2.45, 2.75) is 25.9 Å². The number of nitro groups is 1. The maximum absolute atomic E-state index is 13.0. The van der Waals surface area contributed by atoms with Crippen molar-refractivity contribution in [2.75, 3.05) is 11.5 Å². The summed E-state index contributed by atoms with van der Waals surface area (Å²) in [7, 11) is -3.18. The zero-order valence-corrected chi connectivity index (χ0v) is 14.9. The molecule has 3 rings (SSSR count). The molecule has 1 atom stereocenters. The standard InChI is InChI=1S/C17H18N2O6S/c1-12-2-7-16(25-12)10-18(15-8-9-26(23,24)11-15)17(20)13-3-5-14(6-4-13)19(21)22/h2-7,15H,8-11H2,1H3/t15-/m0/s1. The van der Waals surface area contributed by atoms with Crippen LogP contribution in [0.15, 0.2) is 40.8 Å². The molecule has 0 aliphatic carbocycles. The highest BCUT2D eigenvalue weighted by molar-refractivity contribution is 7.91. The fourth-order valence-corrected chi connectivity index (χ4v) is 4.75. The number of sulfone groups is 1. The monoisotopic (exact) mass is 378 g/mol. The van der Waals surface area contributed by atoms with E-state index in [4.69, 9.17) is 4.42 Å². The van der Waals surface area contributed by atoms with Gasteiger partial charge in [-0.1, -0.05) is 0 Å². The van der Waals surface area contributed by atoms with Gasteiger partial charge in [-0.15, -0.1) is 0 Å². The van der Waals surface area contributed by atoms with Crippen LogP contribution >= 0.6 is 0 Å². The highest BCUT2D eigenvalue weighted by Gasteiger charge is 2.35. The van der Waals surface area contributed by atoms with E-state index in [1.807, 2.05) is 0 Å². The van der Waals surface area contributed by atoms with Crippen LogP contribution in [-0.2, 0) is 16.4 Å². The third kappa shape index (κ3) is 3.93. The molecule has 1 fully saturated rings. The number of carbonyl (C=O) groups excluding carboxylic acids is 1. The summed E-state index contributed by atoms with van der Waals surface area (Å²) in [5.74, 6) is 0.824. The van der Waals surface area contributed by atoms with Gasteiger partial charge in [0.15, 0.2) is 9.84 Å². The van der Waals surface area contributed by atoms with Crippen LogP contribution in [-0.4, -0.2) is 41.7 Å². The van der Waals surface area contributed by atoms with Gasteiger partial charge in [-0.25, -0.2) is 8.42 Å². The van der Waals surface area contributed by atoms with Crippen molar-refractivity contribution in [2.24, 2.45) is 0 Å². The van der Waals surface area contributed by atoms with Crippen molar-refractivity contribution in [1.82, 2.24) is 4.90 Å². The summed E-state index contributed by atoms with van der Waals surface area (Å²) in [6.45, 7) is 1.93. The largest absolute Gasteiger partial charge is 0.464 e. The van der Waals surface area contributed by atoms with E-state index in [-0.39, 0.29) is 35.2 Å². The quantitative estimate of drug-likeness (QED) is 0.583. The molecule has 0 saturated carbocycles. The highest BCUT2D eigenvalue weighted by atomic mass is 32.2. The number of amides is 1. The van der Waals surface area contributed by atoms with Crippen LogP contribution in [0.2, 0.25) is 0 Å². The number of nitro benzene ring substituents is 1. The van der Waals surface area contributed by atoms with Crippen molar-refractivity contribution < 1.29 is 22.6 Å². The normalized spacial score (nSPS) is 18.6. The highest BCUT2D eigenvalue weighted by Crippen LogP contribution is 2.24. The van der Waals surface area contributed by atoms with Crippen LogP contribution in [0.25, 0.3) is 0 Å². The lowest BCUT2D eigenvalue weighted by atomic mass is 10.1. The maximum Gasteiger partial charge on any atom is 0.269 e. The van der Waals surface area contributed by atoms with Crippen molar-refractivity contribution in [3.8, 4) is 0 Å². The zero-order valence-electron chi connectivity index (χ0n) is 14.1. The van der Waals surface area contributed by atoms with Crippen molar-refractivity contribution in [1.29, 1.82) is 0 Å². The molecule has 2 aromatic rings. The molecule has 138 valence electrons. The van der Waals surface area contributed by atoms with E-state index in [0.29, 0.717) is 17.9 Å². The summed E-state index contributed by atoms with van der Waals surface area (Å²) in [6.07, 6.45) is 0.362. The molecule has 0 unspecified atom stereocenters. The molecule has 0 radical (unpaired) electrons. The number of furan rings is 1. The minimum atomic E-state index is -3.18. The van der Waals surface area contributed by atoms with Gasteiger partial charge >= 0.3 is 0 Å². The lowest BCUT2D eigenvalue weighted by molar-refractivity contribution is -0.384. The number of nitrogens with zero attached hydrogens (tertiary/aromatic N) is 2. The van der Waals surface area contributed by atoms with Crippen LogP contribution in [0, 0.1) is 17.0 Å². The summed E-state index contributed by atoms with van der Waals surface area (Å²) < 4.78 is 29.2. The molecule has 0 bridgehead atoms. The molecule has 1 aliphatic heterocycles. The number of non-ortho nitro benzene ring substituents is 1. The van der Waals surface area contributed by atoms with Crippen LogP contribution in [0.1, 0.15) is 28.3 Å². The van der Waals surface area contributed by atoms with Gasteiger partial charge < -0.3 is 9.32 Å².